The highest BCUT2D eigenvalue weighted by atomic mass is 16.7. The van der Waals surface area contributed by atoms with Gasteiger partial charge in [-0.2, -0.15) is 0 Å². The lowest BCUT2D eigenvalue weighted by atomic mass is 10.1. The van der Waals surface area contributed by atoms with E-state index in [1.807, 2.05) is 0 Å². The van der Waals surface area contributed by atoms with Crippen LogP contribution in [0.25, 0.3) is 0 Å². The van der Waals surface area contributed by atoms with Crippen molar-refractivity contribution in [3.8, 4) is 0 Å². The van der Waals surface area contributed by atoms with E-state index in [4.69, 9.17) is 18.9 Å². The lowest BCUT2D eigenvalue weighted by Gasteiger charge is -2.18. The smallest absolute Gasteiger partial charge is 0.188 e. The molecule has 0 atom stereocenters. The summed E-state index contributed by atoms with van der Waals surface area (Å²) in [6, 6.07) is 0. The Morgan fingerprint density at radius 3 is 1.87 bits per heavy atom. The van der Waals surface area contributed by atoms with Crippen LogP contribution >= 0.6 is 0 Å². The van der Waals surface area contributed by atoms with Gasteiger partial charge in [-0.15, -0.1) is 0 Å². The molecule has 0 rings (SSSR count). The summed E-state index contributed by atoms with van der Waals surface area (Å²) in [6.07, 6.45) is 23.6. The largest absolute Gasteiger partial charge is 0.475 e. The summed E-state index contributed by atoms with van der Waals surface area (Å²) < 4.78 is 22.4. The standard InChI is InChI=1S/C26H52O4/c1-4-7-8-15-18-23-27-25-28-24-19-16-13-11-9-10-12-14-17-20-26(29-21-5-2)30-22-6-3/h19,24,26H,4-18,20-23,25H2,1-3H3. The molecule has 0 bridgehead atoms. The zero-order valence-corrected chi connectivity index (χ0v) is 20.5. The molecular weight excluding hydrogens is 376 g/mol. The third-order valence-corrected chi connectivity index (χ3v) is 5.06. The third kappa shape index (κ3) is 23.7. The van der Waals surface area contributed by atoms with E-state index >= 15 is 0 Å². The van der Waals surface area contributed by atoms with Crippen LogP contribution < -0.4 is 0 Å². The normalized spacial score (nSPS) is 11.7. The van der Waals surface area contributed by atoms with Crippen LogP contribution in [0, 0.1) is 0 Å². The molecule has 0 aromatic heterocycles. The molecule has 0 radical (unpaired) electrons. The van der Waals surface area contributed by atoms with E-state index in [2.05, 4.69) is 26.8 Å². The SMILES string of the molecule is CCCCCCCOCOC=CCCCCCCCCCC(OCCC)OCCC. The van der Waals surface area contributed by atoms with Crippen LogP contribution in [0.1, 0.15) is 124 Å². The fourth-order valence-electron chi connectivity index (χ4n) is 3.26. The highest BCUT2D eigenvalue weighted by Gasteiger charge is 2.08. The molecule has 0 fully saturated rings. The molecule has 0 aromatic rings. The molecule has 0 spiro atoms. The lowest BCUT2D eigenvalue weighted by Crippen LogP contribution is -2.18. The van der Waals surface area contributed by atoms with Crippen LogP contribution in [0.5, 0.6) is 0 Å². The molecule has 0 saturated carbocycles. The molecule has 0 aliphatic heterocycles. The molecular formula is C26H52O4. The first-order chi connectivity index (χ1) is 14.8. The van der Waals surface area contributed by atoms with Crippen molar-refractivity contribution in [1.29, 1.82) is 0 Å². The van der Waals surface area contributed by atoms with Crippen LogP contribution in [0.15, 0.2) is 12.3 Å². The maximum absolute atomic E-state index is 5.78. The van der Waals surface area contributed by atoms with Crippen molar-refractivity contribution >= 4 is 0 Å². The number of hydrogen-bond acceptors (Lipinski definition) is 4. The average molecular weight is 429 g/mol. The van der Waals surface area contributed by atoms with E-state index in [1.54, 1.807) is 6.26 Å². The van der Waals surface area contributed by atoms with Crippen molar-refractivity contribution in [2.75, 3.05) is 26.6 Å². The molecule has 0 heterocycles. The summed E-state index contributed by atoms with van der Waals surface area (Å²) in [5, 5.41) is 0. The van der Waals surface area contributed by atoms with Crippen molar-refractivity contribution < 1.29 is 18.9 Å². The van der Waals surface area contributed by atoms with Crippen molar-refractivity contribution in [3.63, 3.8) is 0 Å². The zero-order chi connectivity index (χ0) is 22.0. The van der Waals surface area contributed by atoms with Gasteiger partial charge >= 0.3 is 0 Å². The van der Waals surface area contributed by atoms with Gasteiger partial charge in [-0.05, 0) is 51.0 Å². The predicted octanol–water partition coefficient (Wildman–Crippen LogP) is 8.15. The highest BCUT2D eigenvalue weighted by Crippen LogP contribution is 2.13. The average Bonchev–Trinajstić information content (AvgIpc) is 2.76. The molecule has 0 aliphatic rings. The van der Waals surface area contributed by atoms with E-state index < -0.39 is 0 Å². The first kappa shape index (κ1) is 29.4. The van der Waals surface area contributed by atoms with Crippen molar-refractivity contribution in [2.45, 2.75) is 130 Å². The highest BCUT2D eigenvalue weighted by molar-refractivity contribution is 4.72. The van der Waals surface area contributed by atoms with Gasteiger partial charge in [-0.1, -0.05) is 78.6 Å². The van der Waals surface area contributed by atoms with Gasteiger partial charge in [-0.3, -0.25) is 0 Å². The zero-order valence-electron chi connectivity index (χ0n) is 20.5. The summed E-state index contributed by atoms with van der Waals surface area (Å²) in [5.74, 6) is 0. The number of allylic oxidation sites excluding steroid dienone is 1. The second-order valence-electron chi connectivity index (χ2n) is 8.20. The fourth-order valence-corrected chi connectivity index (χ4v) is 3.26. The lowest BCUT2D eigenvalue weighted by molar-refractivity contribution is -0.146. The quantitative estimate of drug-likeness (QED) is 0.0835. The van der Waals surface area contributed by atoms with E-state index in [9.17, 15) is 0 Å². The molecule has 0 saturated heterocycles. The number of unbranched alkanes of at least 4 members (excludes halogenated alkanes) is 11. The number of ether oxygens (including phenoxy) is 4. The van der Waals surface area contributed by atoms with Gasteiger partial charge in [0, 0.05) is 13.2 Å². The molecule has 0 unspecified atom stereocenters. The van der Waals surface area contributed by atoms with E-state index in [1.165, 1.54) is 70.6 Å². The van der Waals surface area contributed by atoms with Gasteiger partial charge in [0.2, 0.25) is 0 Å². The minimum Gasteiger partial charge on any atom is -0.475 e. The maximum Gasteiger partial charge on any atom is 0.188 e. The predicted molar refractivity (Wildman–Crippen MR) is 128 cm³/mol. The van der Waals surface area contributed by atoms with E-state index in [-0.39, 0.29) is 6.29 Å². The Bertz CT molecular complexity index is 325. The molecule has 0 aromatic carbocycles. The van der Waals surface area contributed by atoms with Crippen LogP contribution in [0.2, 0.25) is 0 Å². The number of hydrogen-bond donors (Lipinski definition) is 0. The Morgan fingerprint density at radius 2 is 1.20 bits per heavy atom. The molecule has 0 amide bonds. The second-order valence-corrected chi connectivity index (χ2v) is 8.20. The molecule has 4 nitrogen and oxygen atoms in total. The van der Waals surface area contributed by atoms with E-state index in [0.29, 0.717) is 6.79 Å². The van der Waals surface area contributed by atoms with Crippen LogP contribution in [0.4, 0.5) is 0 Å². The van der Waals surface area contributed by atoms with Gasteiger partial charge < -0.3 is 18.9 Å². The second kappa shape index (κ2) is 26.5. The van der Waals surface area contributed by atoms with Crippen LogP contribution in [-0.4, -0.2) is 32.9 Å². The summed E-state index contributed by atoms with van der Waals surface area (Å²) >= 11 is 0. The van der Waals surface area contributed by atoms with Gasteiger partial charge in [0.05, 0.1) is 12.9 Å². The first-order valence-corrected chi connectivity index (χ1v) is 12.9. The minimum absolute atomic E-state index is 0.00935. The maximum atomic E-state index is 5.78. The van der Waals surface area contributed by atoms with Gasteiger partial charge in [-0.25, -0.2) is 0 Å². The Balaban J connectivity index is 3.30. The van der Waals surface area contributed by atoms with Crippen LogP contribution in [-0.2, 0) is 18.9 Å². The van der Waals surface area contributed by atoms with Crippen LogP contribution in [0.3, 0.4) is 0 Å². The monoisotopic (exact) mass is 428 g/mol. The Labute approximate surface area is 188 Å². The Hall–Kier alpha value is -0.580. The van der Waals surface area contributed by atoms with Crippen molar-refractivity contribution in [3.05, 3.63) is 12.3 Å². The van der Waals surface area contributed by atoms with Gasteiger partial charge in [0.25, 0.3) is 0 Å². The minimum atomic E-state index is 0.00935. The van der Waals surface area contributed by atoms with Gasteiger partial charge in [0.15, 0.2) is 13.1 Å². The first-order valence-electron chi connectivity index (χ1n) is 12.9. The fraction of sp³-hybridized carbons (Fsp3) is 0.923. The Morgan fingerprint density at radius 1 is 0.600 bits per heavy atom. The molecule has 0 aliphatic carbocycles. The Kier molecular flexibility index (Phi) is 25.9. The molecule has 180 valence electrons. The van der Waals surface area contributed by atoms with Gasteiger partial charge in [0.1, 0.15) is 0 Å². The summed E-state index contributed by atoms with van der Waals surface area (Å²) in [7, 11) is 0. The van der Waals surface area contributed by atoms with Crippen molar-refractivity contribution in [2.24, 2.45) is 0 Å². The summed E-state index contributed by atoms with van der Waals surface area (Å²) in [5.41, 5.74) is 0. The third-order valence-electron chi connectivity index (χ3n) is 5.06. The molecule has 30 heavy (non-hydrogen) atoms. The van der Waals surface area contributed by atoms with E-state index in [0.717, 1.165) is 51.9 Å². The number of rotatable bonds is 25. The molecule has 4 heteroatoms. The topological polar surface area (TPSA) is 36.9 Å². The summed E-state index contributed by atoms with van der Waals surface area (Å²) in [4.78, 5) is 0. The summed E-state index contributed by atoms with van der Waals surface area (Å²) in [6.45, 7) is 9.34. The molecule has 0 N–H and O–H groups in total. The van der Waals surface area contributed by atoms with Crippen molar-refractivity contribution in [1.82, 2.24) is 0 Å².